The number of rotatable bonds is 2. The molecule has 0 fully saturated rings. The second-order valence-corrected chi connectivity index (χ2v) is 5.90. The maximum Gasteiger partial charge on any atom is 0.257 e. The number of nitrogens with zero attached hydrogens (tertiary/aromatic N) is 1. The largest absolute Gasteiger partial charge is 0.307 e. The molecular weight excluding hydrogens is 256 g/mol. The molecule has 98 valence electrons. The van der Waals surface area contributed by atoms with Crippen molar-refractivity contribution in [1.29, 1.82) is 0 Å². The molecule has 0 atom stereocenters. The van der Waals surface area contributed by atoms with E-state index in [1.807, 2.05) is 24.4 Å². The number of nitrogens with one attached hydrogen (secondary N) is 1. The fraction of sp³-hybridized carbons (Fsp3) is 0.333. The van der Waals surface area contributed by atoms with E-state index in [1.165, 1.54) is 23.3 Å². The quantitative estimate of drug-likeness (QED) is 0.908. The lowest BCUT2D eigenvalue weighted by molar-refractivity contribution is 0.102. The van der Waals surface area contributed by atoms with E-state index in [0.29, 0.717) is 5.82 Å². The third-order valence-electron chi connectivity index (χ3n) is 3.46. The molecule has 19 heavy (non-hydrogen) atoms. The Labute approximate surface area is 116 Å². The highest BCUT2D eigenvalue weighted by Gasteiger charge is 2.20. The summed E-state index contributed by atoms with van der Waals surface area (Å²) in [5, 5.41) is 4.86. The molecule has 2 aromatic heterocycles. The summed E-state index contributed by atoms with van der Waals surface area (Å²) >= 11 is 1.71. The lowest BCUT2D eigenvalue weighted by Crippen LogP contribution is -2.15. The molecule has 1 aliphatic carbocycles. The van der Waals surface area contributed by atoms with Crippen molar-refractivity contribution in [3.05, 3.63) is 45.3 Å². The lowest BCUT2D eigenvalue weighted by atomic mass is 9.96. The third-order valence-corrected chi connectivity index (χ3v) is 4.55. The van der Waals surface area contributed by atoms with Crippen LogP contribution in [0.2, 0.25) is 0 Å². The van der Waals surface area contributed by atoms with E-state index in [-0.39, 0.29) is 5.91 Å². The summed E-state index contributed by atoms with van der Waals surface area (Å²) < 4.78 is 0. The van der Waals surface area contributed by atoms with Gasteiger partial charge in [-0.05, 0) is 49.8 Å². The zero-order valence-corrected chi connectivity index (χ0v) is 11.7. The third kappa shape index (κ3) is 2.54. The van der Waals surface area contributed by atoms with Crippen LogP contribution in [0.25, 0.3) is 0 Å². The van der Waals surface area contributed by atoms with Crippen molar-refractivity contribution in [2.24, 2.45) is 0 Å². The van der Waals surface area contributed by atoms with Crippen LogP contribution in [-0.2, 0) is 12.8 Å². The van der Waals surface area contributed by atoms with Crippen LogP contribution in [0.3, 0.4) is 0 Å². The Morgan fingerprint density at radius 1 is 1.32 bits per heavy atom. The second-order valence-electron chi connectivity index (χ2n) is 4.93. The van der Waals surface area contributed by atoms with Crippen molar-refractivity contribution in [2.75, 3.05) is 5.32 Å². The number of fused-ring (bicyclic) bond motifs is 1. The average molecular weight is 272 g/mol. The summed E-state index contributed by atoms with van der Waals surface area (Å²) in [5.41, 5.74) is 3.17. The highest BCUT2D eigenvalue weighted by atomic mass is 32.1. The number of hydrogen-bond donors (Lipinski definition) is 1. The number of pyridine rings is 1. The summed E-state index contributed by atoms with van der Waals surface area (Å²) in [5.74, 6) is 0.585. The topological polar surface area (TPSA) is 42.0 Å². The number of carbonyl (C=O) groups excluding carboxylic acids is 1. The minimum atomic E-state index is -0.0317. The maximum absolute atomic E-state index is 12.3. The Bertz CT molecular complexity index is 601. The van der Waals surface area contributed by atoms with Crippen LogP contribution in [0.4, 0.5) is 5.82 Å². The highest BCUT2D eigenvalue weighted by Crippen LogP contribution is 2.30. The second kappa shape index (κ2) is 5.13. The standard InChI is InChI=1S/C15H16N2OS/c1-10-6-7-14(16-8-10)17-15(18)12-9-19-13-5-3-2-4-11(12)13/h6-9H,2-5H2,1H3,(H,16,17,18). The Morgan fingerprint density at radius 2 is 2.16 bits per heavy atom. The Hall–Kier alpha value is -1.68. The summed E-state index contributed by atoms with van der Waals surface area (Å²) in [7, 11) is 0. The van der Waals surface area contributed by atoms with Gasteiger partial charge < -0.3 is 5.32 Å². The van der Waals surface area contributed by atoms with E-state index >= 15 is 0 Å². The van der Waals surface area contributed by atoms with E-state index in [1.54, 1.807) is 17.5 Å². The fourth-order valence-corrected chi connectivity index (χ4v) is 3.54. The van der Waals surface area contributed by atoms with Crippen LogP contribution in [0.1, 0.15) is 39.2 Å². The first kappa shape index (κ1) is 12.4. The predicted octanol–water partition coefficient (Wildman–Crippen LogP) is 3.58. The van der Waals surface area contributed by atoms with Gasteiger partial charge in [0.15, 0.2) is 0 Å². The van der Waals surface area contributed by atoms with Gasteiger partial charge in [-0.15, -0.1) is 11.3 Å². The first-order valence-electron chi connectivity index (χ1n) is 6.57. The van der Waals surface area contributed by atoms with Gasteiger partial charge in [-0.25, -0.2) is 4.98 Å². The highest BCUT2D eigenvalue weighted by molar-refractivity contribution is 7.10. The maximum atomic E-state index is 12.3. The normalized spacial score (nSPS) is 13.9. The van der Waals surface area contributed by atoms with Crippen LogP contribution in [-0.4, -0.2) is 10.9 Å². The summed E-state index contributed by atoms with van der Waals surface area (Å²) in [6.45, 7) is 1.98. The van der Waals surface area contributed by atoms with Gasteiger partial charge in [-0.2, -0.15) is 0 Å². The van der Waals surface area contributed by atoms with Gasteiger partial charge in [0.05, 0.1) is 5.56 Å². The SMILES string of the molecule is Cc1ccc(NC(=O)c2csc3c2CCCC3)nc1. The molecule has 0 aromatic carbocycles. The van der Waals surface area contributed by atoms with E-state index in [2.05, 4.69) is 10.3 Å². The minimum Gasteiger partial charge on any atom is -0.307 e. The molecule has 0 saturated carbocycles. The first-order chi connectivity index (χ1) is 9.24. The molecule has 0 aliphatic heterocycles. The van der Waals surface area contributed by atoms with Gasteiger partial charge >= 0.3 is 0 Å². The Balaban J connectivity index is 1.80. The molecule has 0 radical (unpaired) electrons. The van der Waals surface area contributed by atoms with Crippen molar-refractivity contribution in [1.82, 2.24) is 4.98 Å². The zero-order chi connectivity index (χ0) is 13.2. The Kier molecular flexibility index (Phi) is 3.34. The van der Waals surface area contributed by atoms with Crippen molar-refractivity contribution in [3.63, 3.8) is 0 Å². The number of thiophene rings is 1. The first-order valence-corrected chi connectivity index (χ1v) is 7.45. The van der Waals surface area contributed by atoms with Crippen molar-refractivity contribution in [3.8, 4) is 0 Å². The van der Waals surface area contributed by atoms with Crippen molar-refractivity contribution >= 4 is 23.1 Å². The van der Waals surface area contributed by atoms with Crippen LogP contribution in [0, 0.1) is 6.92 Å². The smallest absolute Gasteiger partial charge is 0.257 e. The van der Waals surface area contributed by atoms with E-state index in [9.17, 15) is 4.79 Å². The molecule has 2 aromatic rings. The van der Waals surface area contributed by atoms with Crippen molar-refractivity contribution < 1.29 is 4.79 Å². The molecule has 1 amide bonds. The molecular formula is C15H16N2OS. The summed E-state index contributed by atoms with van der Waals surface area (Å²) in [6, 6.07) is 3.79. The molecule has 0 spiro atoms. The molecule has 3 nitrogen and oxygen atoms in total. The number of hydrogen-bond acceptors (Lipinski definition) is 3. The van der Waals surface area contributed by atoms with Gasteiger partial charge in [0.1, 0.15) is 5.82 Å². The number of aromatic nitrogens is 1. The van der Waals surface area contributed by atoms with Crippen LogP contribution >= 0.6 is 11.3 Å². The van der Waals surface area contributed by atoms with E-state index < -0.39 is 0 Å². The van der Waals surface area contributed by atoms with Gasteiger partial charge in [0.2, 0.25) is 0 Å². The van der Waals surface area contributed by atoms with Gasteiger partial charge in [-0.3, -0.25) is 4.79 Å². The lowest BCUT2D eigenvalue weighted by Gasteiger charge is -2.12. The molecule has 1 N–H and O–H groups in total. The Morgan fingerprint density at radius 3 is 2.95 bits per heavy atom. The van der Waals surface area contributed by atoms with Gasteiger partial charge in [-0.1, -0.05) is 6.07 Å². The van der Waals surface area contributed by atoms with Gasteiger partial charge in [0.25, 0.3) is 5.91 Å². The fourth-order valence-electron chi connectivity index (χ4n) is 2.41. The molecule has 0 bridgehead atoms. The van der Waals surface area contributed by atoms with E-state index in [0.717, 1.165) is 24.0 Å². The zero-order valence-electron chi connectivity index (χ0n) is 10.9. The molecule has 3 rings (SSSR count). The molecule has 4 heteroatoms. The molecule has 1 aliphatic rings. The summed E-state index contributed by atoms with van der Waals surface area (Å²) in [4.78, 5) is 17.9. The number of carbonyl (C=O) groups is 1. The van der Waals surface area contributed by atoms with E-state index in [4.69, 9.17) is 0 Å². The van der Waals surface area contributed by atoms with Crippen LogP contribution in [0.5, 0.6) is 0 Å². The molecule has 0 saturated heterocycles. The predicted molar refractivity (Wildman–Crippen MR) is 77.9 cm³/mol. The van der Waals surface area contributed by atoms with Crippen molar-refractivity contribution in [2.45, 2.75) is 32.6 Å². The van der Waals surface area contributed by atoms with Gasteiger partial charge in [0, 0.05) is 16.5 Å². The number of anilines is 1. The minimum absolute atomic E-state index is 0.0317. The molecule has 0 unspecified atom stereocenters. The number of aryl methyl sites for hydroxylation is 2. The monoisotopic (exact) mass is 272 g/mol. The molecule has 2 heterocycles. The summed E-state index contributed by atoms with van der Waals surface area (Å²) in [6.07, 6.45) is 6.35. The number of amides is 1. The average Bonchev–Trinajstić information content (AvgIpc) is 2.85. The van der Waals surface area contributed by atoms with Crippen LogP contribution < -0.4 is 5.32 Å². The van der Waals surface area contributed by atoms with Crippen LogP contribution in [0.15, 0.2) is 23.7 Å².